The van der Waals surface area contributed by atoms with Crippen molar-refractivity contribution >= 4 is 29.3 Å². The SMILES string of the molecule is C=CCn1c(SCC(=O)Nc2ccc(C(C)C)cc2)nnc1C(C)NC(=O)Cc1ccc(OC)cc1. The maximum Gasteiger partial charge on any atom is 0.234 e. The molecule has 0 aliphatic heterocycles. The molecule has 0 bridgehead atoms. The average Bonchev–Trinajstić information content (AvgIpc) is 3.26. The Kier molecular flexibility index (Phi) is 9.69. The number of allylic oxidation sites excluding steroid dienone is 1. The lowest BCUT2D eigenvalue weighted by Gasteiger charge is -2.15. The molecule has 0 fully saturated rings. The number of nitrogens with one attached hydrogen (secondary N) is 2. The molecule has 0 aliphatic rings. The maximum absolute atomic E-state index is 12.6. The molecule has 9 heteroatoms. The van der Waals surface area contributed by atoms with E-state index in [0.29, 0.717) is 23.4 Å². The summed E-state index contributed by atoms with van der Waals surface area (Å²) in [6.07, 6.45) is 1.98. The zero-order chi connectivity index (χ0) is 26.1. The molecule has 1 aromatic heterocycles. The molecule has 36 heavy (non-hydrogen) atoms. The van der Waals surface area contributed by atoms with Crippen LogP contribution >= 0.6 is 11.8 Å². The molecule has 0 radical (unpaired) electrons. The second kappa shape index (κ2) is 12.9. The van der Waals surface area contributed by atoms with E-state index in [2.05, 4.69) is 41.3 Å². The molecule has 2 N–H and O–H groups in total. The molecule has 1 heterocycles. The van der Waals surface area contributed by atoms with Gasteiger partial charge in [0.05, 0.1) is 25.3 Å². The van der Waals surface area contributed by atoms with E-state index in [1.54, 1.807) is 13.2 Å². The van der Waals surface area contributed by atoms with Gasteiger partial charge in [-0.25, -0.2) is 0 Å². The summed E-state index contributed by atoms with van der Waals surface area (Å²) in [5.41, 5.74) is 2.86. The van der Waals surface area contributed by atoms with Crippen LogP contribution in [-0.2, 0) is 22.6 Å². The summed E-state index contributed by atoms with van der Waals surface area (Å²) >= 11 is 1.29. The van der Waals surface area contributed by atoms with Crippen LogP contribution in [0.15, 0.2) is 66.3 Å². The van der Waals surface area contributed by atoms with Crippen LogP contribution in [0.4, 0.5) is 5.69 Å². The molecule has 8 nitrogen and oxygen atoms in total. The number of thioether (sulfide) groups is 1. The van der Waals surface area contributed by atoms with Gasteiger partial charge in [-0.3, -0.25) is 9.59 Å². The Labute approximate surface area is 216 Å². The number of hydrogen-bond donors (Lipinski definition) is 2. The molecule has 0 aliphatic carbocycles. The van der Waals surface area contributed by atoms with Crippen molar-refractivity contribution in [2.75, 3.05) is 18.2 Å². The highest BCUT2D eigenvalue weighted by molar-refractivity contribution is 7.99. The first-order valence-electron chi connectivity index (χ1n) is 11.8. The number of carbonyl (C=O) groups is 2. The van der Waals surface area contributed by atoms with Gasteiger partial charge >= 0.3 is 0 Å². The first kappa shape index (κ1) is 27.0. The van der Waals surface area contributed by atoms with Crippen LogP contribution in [0.25, 0.3) is 0 Å². The van der Waals surface area contributed by atoms with Crippen LogP contribution in [0, 0.1) is 0 Å². The van der Waals surface area contributed by atoms with E-state index >= 15 is 0 Å². The van der Waals surface area contributed by atoms with Crippen molar-refractivity contribution in [3.05, 3.63) is 78.1 Å². The monoisotopic (exact) mass is 507 g/mol. The molecule has 3 rings (SSSR count). The van der Waals surface area contributed by atoms with Crippen LogP contribution in [-0.4, -0.2) is 39.4 Å². The van der Waals surface area contributed by atoms with Crippen molar-refractivity contribution in [1.29, 1.82) is 0 Å². The Bertz CT molecular complexity index is 1170. The van der Waals surface area contributed by atoms with E-state index in [4.69, 9.17) is 4.74 Å². The predicted octanol–water partition coefficient (Wildman–Crippen LogP) is 4.75. The number of nitrogens with zero attached hydrogens (tertiary/aromatic N) is 3. The minimum Gasteiger partial charge on any atom is -0.497 e. The highest BCUT2D eigenvalue weighted by atomic mass is 32.2. The number of rotatable bonds is 12. The van der Waals surface area contributed by atoms with E-state index in [-0.39, 0.29) is 30.0 Å². The van der Waals surface area contributed by atoms with Crippen molar-refractivity contribution in [2.24, 2.45) is 0 Å². The molecule has 3 aromatic rings. The van der Waals surface area contributed by atoms with Crippen molar-refractivity contribution in [3.8, 4) is 5.75 Å². The lowest BCUT2D eigenvalue weighted by molar-refractivity contribution is -0.121. The first-order valence-corrected chi connectivity index (χ1v) is 12.8. The second-order valence-corrected chi connectivity index (χ2v) is 9.61. The summed E-state index contributed by atoms with van der Waals surface area (Å²) in [7, 11) is 1.60. The number of carbonyl (C=O) groups excluding carboxylic acids is 2. The fourth-order valence-electron chi connectivity index (χ4n) is 3.59. The summed E-state index contributed by atoms with van der Waals surface area (Å²) < 4.78 is 7.02. The van der Waals surface area contributed by atoms with Gasteiger partial charge in [0, 0.05) is 12.2 Å². The third-order valence-corrected chi connectivity index (χ3v) is 6.51. The van der Waals surface area contributed by atoms with Crippen molar-refractivity contribution in [2.45, 2.75) is 50.9 Å². The predicted molar refractivity (Wildman–Crippen MR) is 143 cm³/mol. The summed E-state index contributed by atoms with van der Waals surface area (Å²) in [4.78, 5) is 25.1. The average molecular weight is 508 g/mol. The topological polar surface area (TPSA) is 98.1 Å². The highest BCUT2D eigenvalue weighted by Gasteiger charge is 2.20. The quantitative estimate of drug-likeness (QED) is 0.271. The van der Waals surface area contributed by atoms with Crippen LogP contribution in [0.3, 0.4) is 0 Å². The molecular formula is C27H33N5O3S. The molecule has 0 saturated heterocycles. The fourth-order valence-corrected chi connectivity index (χ4v) is 4.35. The van der Waals surface area contributed by atoms with Gasteiger partial charge in [-0.05, 0) is 48.2 Å². The Hall–Kier alpha value is -3.59. The van der Waals surface area contributed by atoms with E-state index in [9.17, 15) is 9.59 Å². The first-order chi connectivity index (χ1) is 17.3. The van der Waals surface area contributed by atoms with Gasteiger partial charge < -0.3 is 19.9 Å². The summed E-state index contributed by atoms with van der Waals surface area (Å²) in [5, 5.41) is 15.0. The zero-order valence-electron chi connectivity index (χ0n) is 21.2. The second-order valence-electron chi connectivity index (χ2n) is 8.67. The number of hydrogen-bond acceptors (Lipinski definition) is 6. The lowest BCUT2D eigenvalue weighted by Crippen LogP contribution is -2.30. The molecule has 1 unspecified atom stereocenters. The van der Waals surface area contributed by atoms with Gasteiger partial charge in [-0.2, -0.15) is 0 Å². The zero-order valence-corrected chi connectivity index (χ0v) is 22.0. The van der Waals surface area contributed by atoms with Gasteiger partial charge in [-0.15, -0.1) is 16.8 Å². The van der Waals surface area contributed by atoms with Crippen LogP contribution in [0.5, 0.6) is 5.75 Å². The molecule has 190 valence electrons. The van der Waals surface area contributed by atoms with Crippen LogP contribution in [0.2, 0.25) is 0 Å². The Morgan fingerprint density at radius 1 is 1.06 bits per heavy atom. The minimum atomic E-state index is -0.370. The summed E-state index contributed by atoms with van der Waals surface area (Å²) in [6, 6.07) is 14.9. The molecule has 2 aromatic carbocycles. The molecular weight excluding hydrogens is 474 g/mol. The molecule has 1 atom stereocenters. The Morgan fingerprint density at radius 2 is 1.75 bits per heavy atom. The van der Waals surface area contributed by atoms with Gasteiger partial charge in [-0.1, -0.05) is 56.0 Å². The van der Waals surface area contributed by atoms with Crippen LogP contribution in [0.1, 0.15) is 49.7 Å². The molecule has 2 amide bonds. The number of amides is 2. The normalized spacial score (nSPS) is 11.7. The number of methoxy groups -OCH3 is 1. The Balaban J connectivity index is 1.58. The third-order valence-electron chi connectivity index (χ3n) is 5.54. The van der Waals surface area contributed by atoms with Crippen molar-refractivity contribution < 1.29 is 14.3 Å². The summed E-state index contributed by atoms with van der Waals surface area (Å²) in [5.74, 6) is 1.70. The highest BCUT2D eigenvalue weighted by Crippen LogP contribution is 2.22. The van der Waals surface area contributed by atoms with Gasteiger partial charge in [0.25, 0.3) is 0 Å². The van der Waals surface area contributed by atoms with E-state index < -0.39 is 0 Å². The largest absolute Gasteiger partial charge is 0.497 e. The van der Waals surface area contributed by atoms with Crippen LogP contribution < -0.4 is 15.4 Å². The standard InChI is InChI=1S/C27H33N5O3S/c1-6-15-32-26(19(4)28-24(33)16-20-7-13-23(35-5)14-8-20)30-31-27(32)36-17-25(34)29-22-11-9-21(10-12-22)18(2)3/h6-14,18-19H,1,15-17H2,2-5H3,(H,28,33)(H,29,34). The van der Waals surface area contributed by atoms with Gasteiger partial charge in [0.2, 0.25) is 11.8 Å². The van der Waals surface area contributed by atoms with Crippen molar-refractivity contribution in [1.82, 2.24) is 20.1 Å². The maximum atomic E-state index is 12.6. The van der Waals surface area contributed by atoms with E-state index in [1.165, 1.54) is 17.3 Å². The molecule has 0 spiro atoms. The Morgan fingerprint density at radius 3 is 2.36 bits per heavy atom. The fraction of sp³-hybridized carbons (Fsp3) is 0.333. The lowest BCUT2D eigenvalue weighted by atomic mass is 10.0. The van der Waals surface area contributed by atoms with Gasteiger partial charge in [0.1, 0.15) is 5.75 Å². The van der Waals surface area contributed by atoms with E-state index in [0.717, 1.165) is 17.0 Å². The van der Waals surface area contributed by atoms with Gasteiger partial charge in [0.15, 0.2) is 11.0 Å². The van der Waals surface area contributed by atoms with Crippen molar-refractivity contribution in [3.63, 3.8) is 0 Å². The van der Waals surface area contributed by atoms with E-state index in [1.807, 2.05) is 60.0 Å². The smallest absolute Gasteiger partial charge is 0.234 e. The third kappa shape index (κ3) is 7.45. The number of aromatic nitrogens is 3. The number of ether oxygens (including phenoxy) is 1. The number of benzene rings is 2. The minimum absolute atomic E-state index is 0.127. The molecule has 0 saturated carbocycles. The summed E-state index contributed by atoms with van der Waals surface area (Å²) in [6.45, 7) is 10.4. The number of anilines is 1.